The van der Waals surface area contributed by atoms with Crippen molar-refractivity contribution in [2.24, 2.45) is 5.41 Å². The number of nitrogens with zero attached hydrogens (tertiary/aromatic N) is 2. The van der Waals surface area contributed by atoms with Crippen molar-refractivity contribution in [2.45, 2.75) is 32.0 Å². The molecule has 1 heterocycles. The third-order valence-electron chi connectivity index (χ3n) is 5.53. The number of likely N-dealkylation sites (tertiary alicyclic amines) is 1. The molecule has 1 unspecified atom stereocenters. The Labute approximate surface area is 180 Å². The molecule has 1 atom stereocenters. The summed E-state index contributed by atoms with van der Waals surface area (Å²) in [5, 5.41) is 0. The molecule has 0 radical (unpaired) electrons. The number of rotatable bonds is 4. The molecule has 30 heavy (non-hydrogen) atoms. The van der Waals surface area contributed by atoms with Crippen molar-refractivity contribution in [1.82, 2.24) is 9.21 Å². The normalized spacial score (nSPS) is 22.0. The highest BCUT2D eigenvalue weighted by molar-refractivity contribution is 7.96. The van der Waals surface area contributed by atoms with Gasteiger partial charge in [-0.1, -0.05) is 44.2 Å². The average molecular weight is 437 g/mol. The molecule has 162 valence electrons. The smallest absolute Gasteiger partial charge is 0.303 e. The molecule has 1 aliphatic rings. The molecule has 1 aliphatic heterocycles. The van der Waals surface area contributed by atoms with Crippen LogP contribution in [0.15, 0.2) is 54.6 Å². The van der Waals surface area contributed by atoms with Gasteiger partial charge in [-0.25, -0.2) is 0 Å². The van der Waals surface area contributed by atoms with Gasteiger partial charge in [-0.05, 0) is 60.7 Å². The predicted octanol–water partition coefficient (Wildman–Crippen LogP) is 5.68. The Hall–Kier alpha value is -1.99. The van der Waals surface area contributed by atoms with Gasteiger partial charge in [-0.15, -0.1) is 0 Å². The van der Waals surface area contributed by atoms with Crippen LogP contribution in [0.5, 0.6) is 0 Å². The highest BCUT2D eigenvalue weighted by Gasteiger charge is 2.49. The van der Waals surface area contributed by atoms with E-state index in [0.717, 1.165) is 30.7 Å². The highest BCUT2D eigenvalue weighted by atomic mass is 32.2. The molecule has 3 rings (SSSR count). The number of benzene rings is 2. The second kappa shape index (κ2) is 8.27. The molecule has 1 fully saturated rings. The number of piperidine rings is 1. The third kappa shape index (κ3) is 4.52. The van der Waals surface area contributed by atoms with Crippen molar-refractivity contribution in [3.05, 3.63) is 71.3 Å². The number of hydrogen-bond donors (Lipinski definition) is 0. The van der Waals surface area contributed by atoms with E-state index in [2.05, 4.69) is 18.7 Å². The van der Waals surface area contributed by atoms with Crippen LogP contribution < -0.4 is 0 Å². The number of likely N-dealkylation sites (N-methyl/N-ethyl adjacent to an activating group) is 1. The summed E-state index contributed by atoms with van der Waals surface area (Å²) in [5.41, 5.74) is -0.127. The lowest BCUT2D eigenvalue weighted by atomic mass is 9.71. The lowest BCUT2D eigenvalue weighted by molar-refractivity contribution is -0.137. The maximum atomic E-state index is 13.5. The third-order valence-corrected chi connectivity index (χ3v) is 6.41. The summed E-state index contributed by atoms with van der Waals surface area (Å²) in [7, 11) is 2.04. The van der Waals surface area contributed by atoms with Gasteiger partial charge in [-0.3, -0.25) is 9.10 Å². The summed E-state index contributed by atoms with van der Waals surface area (Å²) < 4.78 is 40.6. The van der Waals surface area contributed by atoms with Crippen molar-refractivity contribution < 1.29 is 18.0 Å². The van der Waals surface area contributed by atoms with Crippen LogP contribution in [0.4, 0.5) is 13.2 Å². The van der Waals surface area contributed by atoms with Gasteiger partial charge in [0, 0.05) is 24.9 Å². The quantitative estimate of drug-likeness (QED) is 0.576. The van der Waals surface area contributed by atoms with Gasteiger partial charge in [0.2, 0.25) is 0 Å². The van der Waals surface area contributed by atoms with Crippen molar-refractivity contribution in [3.63, 3.8) is 0 Å². The van der Waals surface area contributed by atoms with E-state index in [-0.39, 0.29) is 16.9 Å². The Morgan fingerprint density at radius 3 is 2.13 bits per heavy atom. The van der Waals surface area contributed by atoms with Gasteiger partial charge in [0.15, 0.2) is 0 Å². The van der Waals surface area contributed by atoms with Crippen LogP contribution in [0.1, 0.15) is 41.8 Å². The van der Waals surface area contributed by atoms with Crippen LogP contribution in [0.25, 0.3) is 0 Å². The van der Waals surface area contributed by atoms with Gasteiger partial charge in [0.25, 0.3) is 5.91 Å². The summed E-state index contributed by atoms with van der Waals surface area (Å²) in [6, 6.07) is 14.4. The number of alkyl halides is 3. The first kappa shape index (κ1) is 22.7. The van der Waals surface area contributed by atoms with Crippen LogP contribution in [0, 0.1) is 5.41 Å². The van der Waals surface area contributed by atoms with Gasteiger partial charge in [0.05, 0.1) is 11.1 Å². The van der Waals surface area contributed by atoms with E-state index < -0.39 is 17.3 Å². The molecule has 0 aliphatic carbocycles. The maximum absolute atomic E-state index is 13.5. The molecule has 0 spiro atoms. The van der Waals surface area contributed by atoms with Gasteiger partial charge in [0.1, 0.15) is 0 Å². The molecule has 0 saturated carbocycles. The van der Waals surface area contributed by atoms with Gasteiger partial charge in [-0.2, -0.15) is 13.2 Å². The molecule has 2 aromatic rings. The lowest BCUT2D eigenvalue weighted by Gasteiger charge is -2.53. The Balaban J connectivity index is 2.06. The molecule has 0 N–H and O–H groups in total. The Morgan fingerprint density at radius 1 is 1.03 bits per heavy atom. The predicted molar refractivity (Wildman–Crippen MR) is 115 cm³/mol. The first-order valence-corrected chi connectivity index (χ1v) is 11.0. The Morgan fingerprint density at radius 2 is 1.63 bits per heavy atom. The fourth-order valence-electron chi connectivity index (χ4n) is 4.70. The molecule has 0 bridgehead atoms. The zero-order chi connectivity index (χ0) is 22.2. The van der Waals surface area contributed by atoms with E-state index in [0.29, 0.717) is 6.54 Å². The molecular formula is C23H27F3N2OS. The first-order valence-electron chi connectivity index (χ1n) is 9.79. The maximum Gasteiger partial charge on any atom is 0.416 e. The van der Waals surface area contributed by atoms with E-state index >= 15 is 0 Å². The molecule has 3 nitrogen and oxygen atoms in total. The SMILES string of the molecule is CSN(C(=O)c1ccc(C(F)(F)F)cc1)C1(c2ccccc2)CN(C)CC(C)(C)C1. The van der Waals surface area contributed by atoms with Crippen molar-refractivity contribution in [3.8, 4) is 0 Å². The second-order valence-corrected chi connectivity index (χ2v) is 9.50. The van der Waals surface area contributed by atoms with Gasteiger partial charge < -0.3 is 4.90 Å². The fourth-order valence-corrected chi connectivity index (χ4v) is 5.55. The Kier molecular flexibility index (Phi) is 6.25. The number of carbonyl (C=O) groups is 1. The topological polar surface area (TPSA) is 23.6 Å². The standard InChI is InChI=1S/C23H27F3N2OS/c1-21(2)14-22(16-27(3)15-21,18-8-6-5-7-9-18)28(30-4)20(29)17-10-12-19(13-11-17)23(24,25)26/h5-13H,14-16H2,1-4H3. The van der Waals surface area contributed by atoms with E-state index in [9.17, 15) is 18.0 Å². The minimum Gasteiger partial charge on any atom is -0.303 e. The summed E-state index contributed by atoms with van der Waals surface area (Å²) >= 11 is 1.32. The van der Waals surface area contributed by atoms with E-state index in [1.165, 1.54) is 24.1 Å². The summed E-state index contributed by atoms with van der Waals surface area (Å²) in [5.74, 6) is -0.286. The number of carbonyl (C=O) groups excluding carboxylic acids is 1. The Bertz CT molecular complexity index is 884. The van der Waals surface area contributed by atoms with E-state index in [4.69, 9.17) is 0 Å². The summed E-state index contributed by atoms with van der Waals surface area (Å²) in [4.78, 5) is 15.8. The van der Waals surface area contributed by atoms with Crippen molar-refractivity contribution in [1.29, 1.82) is 0 Å². The zero-order valence-electron chi connectivity index (χ0n) is 17.7. The van der Waals surface area contributed by atoms with Crippen LogP contribution in [-0.4, -0.2) is 41.5 Å². The fraction of sp³-hybridized carbons (Fsp3) is 0.435. The first-order chi connectivity index (χ1) is 14.0. The van der Waals surface area contributed by atoms with Crippen molar-refractivity contribution in [2.75, 3.05) is 26.4 Å². The van der Waals surface area contributed by atoms with Gasteiger partial charge >= 0.3 is 6.18 Å². The minimum atomic E-state index is -4.43. The van der Waals surface area contributed by atoms with Crippen LogP contribution in [0.2, 0.25) is 0 Å². The van der Waals surface area contributed by atoms with Crippen LogP contribution >= 0.6 is 11.9 Å². The second-order valence-electron chi connectivity index (χ2n) is 8.77. The van der Waals surface area contributed by atoms with Crippen LogP contribution in [-0.2, 0) is 11.7 Å². The summed E-state index contributed by atoms with van der Waals surface area (Å²) in [6.45, 7) is 5.91. The number of halogens is 3. The molecule has 1 saturated heterocycles. The van der Waals surface area contributed by atoms with Crippen molar-refractivity contribution >= 4 is 17.9 Å². The lowest BCUT2D eigenvalue weighted by Crippen LogP contribution is -2.59. The molecule has 2 aromatic carbocycles. The molecular weight excluding hydrogens is 409 g/mol. The molecule has 0 aromatic heterocycles. The van der Waals surface area contributed by atoms with E-state index in [1.54, 1.807) is 4.31 Å². The average Bonchev–Trinajstić information content (AvgIpc) is 2.67. The van der Waals surface area contributed by atoms with E-state index in [1.807, 2.05) is 43.6 Å². The molecule has 1 amide bonds. The summed E-state index contributed by atoms with van der Waals surface area (Å²) in [6.07, 6.45) is -1.84. The number of amides is 1. The zero-order valence-corrected chi connectivity index (χ0v) is 18.5. The number of hydrogen-bond acceptors (Lipinski definition) is 3. The van der Waals surface area contributed by atoms with Crippen LogP contribution in [0.3, 0.4) is 0 Å². The highest BCUT2D eigenvalue weighted by Crippen LogP contribution is 2.47. The molecule has 7 heteroatoms. The monoisotopic (exact) mass is 436 g/mol. The largest absolute Gasteiger partial charge is 0.416 e. The minimum absolute atomic E-state index is 0.0444.